The molecule has 2 rings (SSSR count). The Balaban J connectivity index is 2.10. The van der Waals surface area contributed by atoms with Gasteiger partial charge < -0.3 is 0 Å². The first kappa shape index (κ1) is 17.0. The van der Waals surface area contributed by atoms with Crippen molar-refractivity contribution in [3.05, 3.63) is 78.8 Å². The fourth-order valence-corrected chi connectivity index (χ4v) is 1.93. The van der Waals surface area contributed by atoms with E-state index >= 15 is 0 Å². The zero-order valence-electron chi connectivity index (χ0n) is 11.9. The van der Waals surface area contributed by atoms with E-state index in [1.165, 1.54) is 42.6 Å². The minimum Gasteiger partial charge on any atom is -0.267 e. The summed E-state index contributed by atoms with van der Waals surface area (Å²) >= 11 is 5.69. The number of carbonyl (C=O) groups excluding carboxylic acids is 1. The second kappa shape index (κ2) is 7.29. The molecule has 0 spiro atoms. The fourth-order valence-electron chi connectivity index (χ4n) is 1.74. The molecule has 0 saturated carbocycles. The number of hydrogen-bond donors (Lipinski definition) is 1. The van der Waals surface area contributed by atoms with Crippen LogP contribution in [-0.2, 0) is 0 Å². The number of nitro groups is 2. The molecule has 2 aromatic rings. The molecule has 0 fully saturated rings. The molecule has 0 saturated heterocycles. The van der Waals surface area contributed by atoms with Gasteiger partial charge in [-0.15, -0.1) is 0 Å². The first-order valence-electron chi connectivity index (χ1n) is 6.40. The molecule has 0 aliphatic heterocycles. The lowest BCUT2D eigenvalue weighted by Crippen LogP contribution is -2.17. The van der Waals surface area contributed by atoms with Crippen LogP contribution in [0.3, 0.4) is 0 Å². The van der Waals surface area contributed by atoms with Gasteiger partial charge in [0.2, 0.25) is 0 Å². The maximum atomic E-state index is 11.9. The number of non-ortho nitro benzene ring substituents is 1. The molecule has 0 bridgehead atoms. The molecular weight excluding hydrogens is 340 g/mol. The van der Waals surface area contributed by atoms with Gasteiger partial charge in [-0.25, -0.2) is 5.43 Å². The van der Waals surface area contributed by atoms with Gasteiger partial charge in [-0.1, -0.05) is 23.7 Å². The van der Waals surface area contributed by atoms with Gasteiger partial charge in [0.1, 0.15) is 5.02 Å². The van der Waals surface area contributed by atoms with E-state index in [0.717, 1.165) is 6.07 Å². The van der Waals surface area contributed by atoms with Crippen molar-refractivity contribution >= 4 is 35.1 Å². The molecule has 1 amide bonds. The molecule has 9 nitrogen and oxygen atoms in total. The lowest BCUT2D eigenvalue weighted by molar-refractivity contribution is -0.385. The smallest absolute Gasteiger partial charge is 0.267 e. The Kier molecular flexibility index (Phi) is 5.17. The maximum absolute atomic E-state index is 11.9. The normalized spacial score (nSPS) is 10.5. The third kappa shape index (κ3) is 4.11. The molecule has 10 heteroatoms. The van der Waals surface area contributed by atoms with E-state index in [4.69, 9.17) is 11.6 Å². The Morgan fingerprint density at radius 3 is 2.54 bits per heavy atom. The molecule has 2 aromatic carbocycles. The molecule has 0 aliphatic carbocycles. The Labute approximate surface area is 139 Å². The number of nitrogens with one attached hydrogen (secondary N) is 1. The van der Waals surface area contributed by atoms with Crippen molar-refractivity contribution in [1.82, 2.24) is 5.43 Å². The van der Waals surface area contributed by atoms with E-state index in [-0.39, 0.29) is 22.0 Å². The molecular formula is C14H9ClN4O5. The van der Waals surface area contributed by atoms with Crippen LogP contribution in [0.2, 0.25) is 5.02 Å². The van der Waals surface area contributed by atoms with Crippen LogP contribution in [0.1, 0.15) is 15.9 Å². The second-order valence-corrected chi connectivity index (χ2v) is 4.88. The van der Waals surface area contributed by atoms with Gasteiger partial charge in [-0.05, 0) is 12.1 Å². The fraction of sp³-hybridized carbons (Fsp3) is 0. The number of hydrazone groups is 1. The molecule has 0 aliphatic rings. The van der Waals surface area contributed by atoms with Gasteiger partial charge in [-0.2, -0.15) is 5.10 Å². The summed E-state index contributed by atoms with van der Waals surface area (Å²) < 4.78 is 0. The predicted molar refractivity (Wildman–Crippen MR) is 86.3 cm³/mol. The Bertz CT molecular complexity index is 853. The number of hydrogen-bond acceptors (Lipinski definition) is 6. The van der Waals surface area contributed by atoms with Crippen LogP contribution in [-0.4, -0.2) is 22.0 Å². The van der Waals surface area contributed by atoms with E-state index in [2.05, 4.69) is 10.5 Å². The average Bonchev–Trinajstić information content (AvgIpc) is 2.56. The van der Waals surface area contributed by atoms with Crippen molar-refractivity contribution in [3.63, 3.8) is 0 Å². The third-order valence-corrected chi connectivity index (χ3v) is 3.19. The molecule has 0 atom stereocenters. The van der Waals surface area contributed by atoms with Gasteiger partial charge in [-0.3, -0.25) is 25.0 Å². The molecule has 0 aromatic heterocycles. The van der Waals surface area contributed by atoms with Crippen LogP contribution >= 0.6 is 11.6 Å². The van der Waals surface area contributed by atoms with E-state index in [1.807, 2.05) is 0 Å². The summed E-state index contributed by atoms with van der Waals surface area (Å²) in [6.45, 7) is 0. The quantitative estimate of drug-likeness (QED) is 0.504. The molecule has 122 valence electrons. The number of nitrogens with zero attached hydrogens (tertiary/aromatic N) is 3. The molecule has 0 radical (unpaired) electrons. The van der Waals surface area contributed by atoms with Crippen LogP contribution in [0.15, 0.2) is 47.6 Å². The van der Waals surface area contributed by atoms with Crippen LogP contribution in [0, 0.1) is 20.2 Å². The highest BCUT2D eigenvalue weighted by Crippen LogP contribution is 2.24. The van der Waals surface area contributed by atoms with Crippen molar-refractivity contribution in [2.24, 2.45) is 5.10 Å². The first-order valence-corrected chi connectivity index (χ1v) is 6.78. The summed E-state index contributed by atoms with van der Waals surface area (Å²) in [5.41, 5.74) is 2.08. The zero-order valence-corrected chi connectivity index (χ0v) is 12.6. The summed E-state index contributed by atoms with van der Waals surface area (Å²) in [7, 11) is 0. The number of rotatable bonds is 5. The first-order chi connectivity index (χ1) is 11.4. The molecule has 24 heavy (non-hydrogen) atoms. The van der Waals surface area contributed by atoms with Gasteiger partial charge in [0.15, 0.2) is 0 Å². The Hall–Kier alpha value is -3.33. The standard InChI is InChI=1S/C14H9ClN4O5/c15-12-5-4-9(6-13(12)19(23)24)8-16-17-14(20)10-2-1-3-11(7-10)18(21)22/h1-8H,(H,17,20)/b16-8-. The topological polar surface area (TPSA) is 128 Å². The summed E-state index contributed by atoms with van der Waals surface area (Å²) in [6, 6.07) is 9.16. The Morgan fingerprint density at radius 1 is 1.12 bits per heavy atom. The van der Waals surface area contributed by atoms with Crippen LogP contribution < -0.4 is 5.43 Å². The SMILES string of the molecule is O=C(N/N=C\c1ccc(Cl)c([N+](=O)[O-])c1)c1cccc([N+](=O)[O-])c1. The number of carbonyl (C=O) groups is 1. The van der Waals surface area contributed by atoms with E-state index in [0.29, 0.717) is 5.56 Å². The lowest BCUT2D eigenvalue weighted by Gasteiger charge is -2.00. The minimum atomic E-state index is -0.654. The van der Waals surface area contributed by atoms with Crippen LogP contribution in [0.4, 0.5) is 11.4 Å². The van der Waals surface area contributed by atoms with Gasteiger partial charge in [0.05, 0.1) is 16.1 Å². The minimum absolute atomic E-state index is 0.0159. The maximum Gasteiger partial charge on any atom is 0.288 e. The van der Waals surface area contributed by atoms with Crippen LogP contribution in [0.25, 0.3) is 0 Å². The summed E-state index contributed by atoms with van der Waals surface area (Å²) in [6.07, 6.45) is 1.19. The Morgan fingerprint density at radius 2 is 1.88 bits per heavy atom. The number of benzene rings is 2. The van der Waals surface area contributed by atoms with Crippen molar-refractivity contribution in [3.8, 4) is 0 Å². The highest BCUT2D eigenvalue weighted by molar-refractivity contribution is 6.32. The zero-order chi connectivity index (χ0) is 17.7. The lowest BCUT2D eigenvalue weighted by atomic mass is 10.2. The van der Waals surface area contributed by atoms with Crippen molar-refractivity contribution in [2.45, 2.75) is 0 Å². The van der Waals surface area contributed by atoms with Gasteiger partial charge >= 0.3 is 0 Å². The largest absolute Gasteiger partial charge is 0.288 e. The summed E-state index contributed by atoms with van der Waals surface area (Å²) in [5, 5.41) is 25.1. The number of nitro benzene ring substituents is 2. The highest BCUT2D eigenvalue weighted by Gasteiger charge is 2.12. The highest BCUT2D eigenvalue weighted by atomic mass is 35.5. The monoisotopic (exact) mass is 348 g/mol. The third-order valence-electron chi connectivity index (χ3n) is 2.87. The number of halogens is 1. The second-order valence-electron chi connectivity index (χ2n) is 4.47. The van der Waals surface area contributed by atoms with Gasteiger partial charge in [0.25, 0.3) is 17.3 Å². The summed E-state index contributed by atoms with van der Waals surface area (Å²) in [4.78, 5) is 32.1. The summed E-state index contributed by atoms with van der Waals surface area (Å²) in [5.74, 6) is -0.654. The van der Waals surface area contributed by atoms with Gasteiger partial charge in [0, 0.05) is 29.3 Å². The van der Waals surface area contributed by atoms with E-state index in [9.17, 15) is 25.0 Å². The number of amides is 1. The van der Waals surface area contributed by atoms with E-state index < -0.39 is 15.8 Å². The molecule has 1 N–H and O–H groups in total. The van der Waals surface area contributed by atoms with E-state index in [1.54, 1.807) is 0 Å². The molecule has 0 unspecified atom stereocenters. The average molecular weight is 349 g/mol. The molecule has 0 heterocycles. The van der Waals surface area contributed by atoms with Crippen LogP contribution in [0.5, 0.6) is 0 Å². The predicted octanol–water partition coefficient (Wildman–Crippen LogP) is 2.92. The van der Waals surface area contributed by atoms with Crippen molar-refractivity contribution < 1.29 is 14.6 Å². The van der Waals surface area contributed by atoms with Crippen molar-refractivity contribution in [1.29, 1.82) is 0 Å². The van der Waals surface area contributed by atoms with Crippen molar-refractivity contribution in [2.75, 3.05) is 0 Å².